The van der Waals surface area contributed by atoms with Crippen LogP contribution in [-0.2, 0) is 4.79 Å². The second-order valence-electron chi connectivity index (χ2n) is 3.52. The molecule has 0 aliphatic heterocycles. The third-order valence-corrected chi connectivity index (χ3v) is 1.74. The highest BCUT2D eigenvalue weighted by Crippen LogP contribution is 2.15. The summed E-state index contributed by atoms with van der Waals surface area (Å²) in [6.07, 6.45) is 1.41. The average molecular weight is 212 g/mol. The first-order valence-electron chi connectivity index (χ1n) is 4.44. The van der Waals surface area contributed by atoms with Gasteiger partial charge in [0, 0.05) is 6.07 Å². The number of ether oxygens (including phenoxy) is 1. The summed E-state index contributed by atoms with van der Waals surface area (Å²) in [5.74, 6) is -0.262. The highest BCUT2D eigenvalue weighted by Gasteiger charge is 2.26. The van der Waals surface area contributed by atoms with E-state index in [4.69, 9.17) is 4.74 Å². The monoisotopic (exact) mass is 212 g/mol. The summed E-state index contributed by atoms with van der Waals surface area (Å²) in [5, 5.41) is 2.40. The van der Waals surface area contributed by atoms with E-state index in [-0.39, 0.29) is 0 Å². The molecule has 1 aromatic rings. The van der Waals surface area contributed by atoms with Crippen molar-refractivity contribution in [2.45, 2.75) is 19.5 Å². The largest absolute Gasteiger partial charge is 0.481 e. The number of nitrogens with one attached hydrogen (secondary N) is 1. The van der Waals surface area contributed by atoms with E-state index >= 15 is 0 Å². The van der Waals surface area contributed by atoms with Crippen molar-refractivity contribution in [1.82, 2.24) is 4.98 Å². The van der Waals surface area contributed by atoms with Gasteiger partial charge in [-0.05, 0) is 19.9 Å². The van der Waals surface area contributed by atoms with Crippen molar-refractivity contribution in [3.8, 4) is 5.88 Å². The molecule has 0 spiro atoms. The molecule has 0 saturated carbocycles. The summed E-state index contributed by atoms with van der Waals surface area (Å²) in [4.78, 5) is 15.1. The highest BCUT2D eigenvalue weighted by molar-refractivity contribution is 5.96. The molecule has 0 aromatic carbocycles. The topological polar surface area (TPSA) is 51.2 Å². The van der Waals surface area contributed by atoms with Crippen LogP contribution in [-0.4, -0.2) is 23.7 Å². The molecule has 15 heavy (non-hydrogen) atoms. The number of hydrogen-bond donors (Lipinski definition) is 1. The van der Waals surface area contributed by atoms with E-state index in [1.54, 1.807) is 12.1 Å². The van der Waals surface area contributed by atoms with Crippen LogP contribution in [0.5, 0.6) is 5.88 Å². The summed E-state index contributed by atoms with van der Waals surface area (Å²) in [7, 11) is 1.49. The van der Waals surface area contributed by atoms with E-state index in [9.17, 15) is 9.18 Å². The van der Waals surface area contributed by atoms with Gasteiger partial charge in [0.2, 0.25) is 5.88 Å². The van der Waals surface area contributed by atoms with Crippen molar-refractivity contribution in [2.75, 3.05) is 12.4 Å². The predicted molar refractivity (Wildman–Crippen MR) is 54.6 cm³/mol. The van der Waals surface area contributed by atoms with Crippen LogP contribution in [0.15, 0.2) is 18.3 Å². The molecular weight excluding hydrogens is 199 g/mol. The molecule has 0 saturated heterocycles. The zero-order valence-electron chi connectivity index (χ0n) is 8.87. The third kappa shape index (κ3) is 3.19. The average Bonchev–Trinajstić information content (AvgIpc) is 2.17. The summed E-state index contributed by atoms with van der Waals surface area (Å²) in [5.41, 5.74) is -1.47. The molecule has 0 bridgehead atoms. The molecule has 0 aliphatic carbocycles. The van der Waals surface area contributed by atoms with Crippen molar-refractivity contribution >= 4 is 11.6 Å². The summed E-state index contributed by atoms with van der Waals surface area (Å²) < 4.78 is 18.0. The maximum absolute atomic E-state index is 13.2. The molecular formula is C10H13FN2O2. The van der Waals surface area contributed by atoms with Crippen molar-refractivity contribution in [2.24, 2.45) is 0 Å². The maximum atomic E-state index is 13.2. The zero-order valence-corrected chi connectivity index (χ0v) is 8.87. The van der Waals surface area contributed by atoms with E-state index in [0.717, 1.165) is 0 Å². The quantitative estimate of drug-likeness (QED) is 0.830. The molecule has 1 amide bonds. The van der Waals surface area contributed by atoms with Gasteiger partial charge in [-0.3, -0.25) is 4.79 Å². The van der Waals surface area contributed by atoms with Gasteiger partial charge in [0.25, 0.3) is 5.91 Å². The Labute approximate surface area is 87.5 Å². The Morgan fingerprint density at radius 3 is 2.60 bits per heavy atom. The number of rotatable bonds is 3. The van der Waals surface area contributed by atoms with Crippen LogP contribution >= 0.6 is 0 Å². The summed E-state index contributed by atoms with van der Waals surface area (Å²) in [6, 6.07) is 3.18. The molecule has 5 heteroatoms. The Kier molecular flexibility index (Phi) is 3.24. The van der Waals surface area contributed by atoms with Gasteiger partial charge in [-0.2, -0.15) is 0 Å². The van der Waals surface area contributed by atoms with Gasteiger partial charge in [-0.25, -0.2) is 9.37 Å². The van der Waals surface area contributed by atoms with Crippen molar-refractivity contribution in [3.63, 3.8) is 0 Å². The number of aromatic nitrogens is 1. The van der Waals surface area contributed by atoms with E-state index in [2.05, 4.69) is 10.3 Å². The van der Waals surface area contributed by atoms with Crippen molar-refractivity contribution in [3.05, 3.63) is 18.3 Å². The van der Waals surface area contributed by atoms with E-state index in [1.807, 2.05) is 0 Å². The van der Waals surface area contributed by atoms with Gasteiger partial charge < -0.3 is 10.1 Å². The minimum Gasteiger partial charge on any atom is -0.481 e. The number of carbonyl (C=O) groups is 1. The molecule has 82 valence electrons. The molecule has 1 heterocycles. The number of anilines is 1. The number of halogens is 1. The Hall–Kier alpha value is -1.65. The number of amides is 1. The number of pyridine rings is 1. The lowest BCUT2D eigenvalue weighted by atomic mass is 10.1. The van der Waals surface area contributed by atoms with Gasteiger partial charge in [-0.1, -0.05) is 0 Å². The number of nitrogens with zero attached hydrogens (tertiary/aromatic N) is 1. The molecule has 0 atom stereocenters. The highest BCUT2D eigenvalue weighted by atomic mass is 19.1. The first-order chi connectivity index (χ1) is 6.93. The van der Waals surface area contributed by atoms with Crippen LogP contribution in [0.1, 0.15) is 13.8 Å². The van der Waals surface area contributed by atoms with Gasteiger partial charge in [0.15, 0.2) is 5.67 Å². The fraction of sp³-hybridized carbons (Fsp3) is 0.400. The van der Waals surface area contributed by atoms with E-state index in [1.165, 1.54) is 27.2 Å². The number of hydrogen-bond acceptors (Lipinski definition) is 3. The molecule has 4 nitrogen and oxygen atoms in total. The van der Waals surface area contributed by atoms with Gasteiger partial charge in [-0.15, -0.1) is 0 Å². The van der Waals surface area contributed by atoms with Crippen LogP contribution in [0.3, 0.4) is 0 Å². The fourth-order valence-electron chi connectivity index (χ4n) is 0.855. The fourth-order valence-corrected chi connectivity index (χ4v) is 0.855. The molecule has 1 aromatic heterocycles. The number of alkyl halides is 1. The molecule has 0 radical (unpaired) electrons. The Balaban J connectivity index is 2.70. The van der Waals surface area contributed by atoms with Crippen LogP contribution in [0.4, 0.5) is 10.1 Å². The van der Waals surface area contributed by atoms with Gasteiger partial charge in [0.1, 0.15) is 0 Å². The lowest BCUT2D eigenvalue weighted by Crippen LogP contribution is -2.32. The van der Waals surface area contributed by atoms with Crippen molar-refractivity contribution in [1.29, 1.82) is 0 Å². The number of methoxy groups -OCH3 is 1. The Morgan fingerprint density at radius 2 is 2.20 bits per heavy atom. The normalized spacial score (nSPS) is 10.9. The van der Waals surface area contributed by atoms with E-state index in [0.29, 0.717) is 11.6 Å². The second-order valence-corrected chi connectivity index (χ2v) is 3.52. The minimum atomic E-state index is -1.90. The van der Waals surface area contributed by atoms with Crippen LogP contribution in [0, 0.1) is 0 Å². The van der Waals surface area contributed by atoms with Gasteiger partial charge in [0.05, 0.1) is 19.0 Å². The van der Waals surface area contributed by atoms with E-state index < -0.39 is 11.6 Å². The van der Waals surface area contributed by atoms with Crippen LogP contribution in [0.2, 0.25) is 0 Å². The first-order valence-corrected chi connectivity index (χ1v) is 4.44. The van der Waals surface area contributed by atoms with Crippen molar-refractivity contribution < 1.29 is 13.9 Å². The smallest absolute Gasteiger partial charge is 0.261 e. The minimum absolute atomic E-state index is 0.437. The second kappa shape index (κ2) is 4.25. The molecule has 1 N–H and O–H groups in total. The van der Waals surface area contributed by atoms with Gasteiger partial charge >= 0.3 is 0 Å². The standard InChI is InChI=1S/C10H13FN2O2/c1-10(2,11)9(14)13-7-4-5-8(15-3)12-6-7/h4-6H,1-3H3,(H,13,14). The Morgan fingerprint density at radius 1 is 1.53 bits per heavy atom. The zero-order chi connectivity index (χ0) is 11.5. The third-order valence-electron chi connectivity index (χ3n) is 1.74. The lowest BCUT2D eigenvalue weighted by Gasteiger charge is -2.13. The van der Waals surface area contributed by atoms with Crippen LogP contribution < -0.4 is 10.1 Å². The molecule has 0 aliphatic rings. The molecule has 1 rings (SSSR count). The molecule has 0 unspecified atom stereocenters. The van der Waals surface area contributed by atoms with Crippen LogP contribution in [0.25, 0.3) is 0 Å². The summed E-state index contributed by atoms with van der Waals surface area (Å²) >= 11 is 0. The lowest BCUT2D eigenvalue weighted by molar-refractivity contribution is -0.125. The Bertz CT molecular complexity index is 343. The SMILES string of the molecule is COc1ccc(NC(=O)C(C)(C)F)cn1. The predicted octanol–water partition coefficient (Wildman–Crippen LogP) is 1.78. The summed E-state index contributed by atoms with van der Waals surface area (Å²) in [6.45, 7) is 2.39. The number of carbonyl (C=O) groups excluding carboxylic acids is 1. The molecule has 0 fully saturated rings. The maximum Gasteiger partial charge on any atom is 0.261 e. The first kappa shape index (κ1) is 11.4.